The van der Waals surface area contributed by atoms with Crippen LogP contribution in [-0.2, 0) is 47.9 Å². The molecule has 4 aliphatic heterocycles. The van der Waals surface area contributed by atoms with E-state index in [2.05, 4.69) is 123 Å². The second-order valence-corrected chi connectivity index (χ2v) is 35.8. The van der Waals surface area contributed by atoms with Crippen molar-refractivity contribution in [3.8, 4) is 0 Å². The molecule has 0 bridgehead atoms. The Morgan fingerprint density at radius 2 is 1.20 bits per heavy atom. The quantitative estimate of drug-likeness (QED) is 0.0404. The minimum atomic E-state index is -2.04. The van der Waals surface area contributed by atoms with Gasteiger partial charge in [-0.25, -0.2) is 24.7 Å². The van der Waals surface area contributed by atoms with Crippen LogP contribution in [0, 0.1) is 6.92 Å². The van der Waals surface area contributed by atoms with Crippen molar-refractivity contribution in [3.63, 3.8) is 0 Å². The predicted octanol–water partition coefficient (Wildman–Crippen LogP) is 10.7. The van der Waals surface area contributed by atoms with Crippen LogP contribution >= 0.6 is 62.1 Å². The molecule has 4 fully saturated rings. The molecule has 1 N–H and O–H groups in total. The van der Waals surface area contributed by atoms with Crippen LogP contribution in [0.1, 0.15) is 89.9 Å². The van der Waals surface area contributed by atoms with E-state index < -0.39 is 71.6 Å². The Morgan fingerprint density at radius 1 is 0.724 bits per heavy atom. The molecule has 0 aliphatic carbocycles. The molecular weight excluding hydrogens is 1140 g/mol. The van der Waals surface area contributed by atoms with E-state index in [0.717, 1.165) is 47.7 Å². The monoisotopic (exact) mass is 1210 g/mol. The number of halogens is 1. The Labute approximate surface area is 487 Å². The Morgan fingerprint density at radius 3 is 1.71 bits per heavy atom. The van der Waals surface area contributed by atoms with Crippen molar-refractivity contribution in [3.05, 3.63) is 111 Å². The van der Waals surface area contributed by atoms with Crippen molar-refractivity contribution in [2.24, 2.45) is 0 Å². The van der Waals surface area contributed by atoms with Gasteiger partial charge < -0.3 is 49.3 Å². The van der Waals surface area contributed by atoms with E-state index in [4.69, 9.17) is 37.3 Å². The molecule has 0 spiro atoms. The van der Waals surface area contributed by atoms with Crippen molar-refractivity contribution in [1.29, 1.82) is 0 Å². The molecule has 9 atom stereocenters. The number of benzene rings is 2. The van der Waals surface area contributed by atoms with Gasteiger partial charge in [0.2, 0.25) is 5.79 Å². The Kier molecular flexibility index (Phi) is 22.1. The number of carbonyl (C=O) groups excluding carboxylic acids is 1. The molecule has 14 nitrogen and oxygen atoms in total. The van der Waals surface area contributed by atoms with E-state index in [9.17, 15) is 9.90 Å². The average Bonchev–Trinajstić information content (AvgIpc) is 4.30. The summed E-state index contributed by atoms with van der Waals surface area (Å²) in [5.41, 5.74) is 3.49. The first-order chi connectivity index (χ1) is 35.5. The third kappa shape index (κ3) is 14.1. The molecule has 3 unspecified atom stereocenters. The zero-order valence-corrected chi connectivity index (χ0v) is 53.0. The van der Waals surface area contributed by atoms with Gasteiger partial charge in [-0.1, -0.05) is 116 Å². The number of hydrogen-bond acceptors (Lipinski definition) is 18. The average molecular weight is 1210 g/mol. The second kappa shape index (κ2) is 26.6. The van der Waals surface area contributed by atoms with Crippen LogP contribution in [-0.4, -0.2) is 110 Å². The first-order valence-electron chi connectivity index (χ1n) is 25.1. The maximum atomic E-state index is 12.1. The van der Waals surface area contributed by atoms with E-state index in [1.54, 1.807) is 41.2 Å². The van der Waals surface area contributed by atoms with Crippen LogP contribution in [0.25, 0.3) is 21.8 Å². The van der Waals surface area contributed by atoms with E-state index in [1.807, 2.05) is 78.6 Å². The molecule has 0 radical (unpaired) electrons. The molecule has 0 amide bonds. The molecule has 4 saturated heterocycles. The fourth-order valence-corrected chi connectivity index (χ4v) is 13.5. The summed E-state index contributed by atoms with van der Waals surface area (Å²) in [4.78, 5) is 29.9. The molecule has 4 aromatic heterocycles. The van der Waals surface area contributed by atoms with Gasteiger partial charge in [-0.15, -0.1) is 46.2 Å². The van der Waals surface area contributed by atoms with E-state index in [1.165, 1.54) is 24.1 Å². The summed E-state index contributed by atoms with van der Waals surface area (Å²) in [5.74, 6) is -2.08. The number of hydrogen-bond donors (Lipinski definition) is 1. The first kappa shape index (κ1) is 63.1. The van der Waals surface area contributed by atoms with Gasteiger partial charge in [0.15, 0.2) is 41.4 Å². The van der Waals surface area contributed by atoms with Gasteiger partial charge >= 0.3 is 24.8 Å². The fourth-order valence-electron chi connectivity index (χ4n) is 7.85. The summed E-state index contributed by atoms with van der Waals surface area (Å²) in [6.07, 6.45) is 5.08. The van der Waals surface area contributed by atoms with E-state index in [-0.39, 0.29) is 34.9 Å². The second-order valence-electron chi connectivity index (χ2n) is 21.5. The van der Waals surface area contributed by atoms with Crippen LogP contribution in [0.15, 0.2) is 97.9 Å². The predicted molar refractivity (Wildman–Crippen MR) is 309 cm³/mol. The minimum absolute atomic E-state index is 0. The first-order valence-corrected chi connectivity index (χ1v) is 35.9. The number of cyclic esters (lactones) is 1. The summed E-state index contributed by atoms with van der Waals surface area (Å²) < 4.78 is 50.1. The standard InChI is InChI=1S/C25H32N2O5S2Si.C18H26O5Si.C7H5BrN2S2.C4H9.Li/c1-24(2,3)35(5,6)29-12-17-19-20(31-23(30-19)15-10-8-7-9-11-15)25(28,32-17)21-18-16(13-34-21)22(33-4)27-14-26-18;1-18(2,3)24(4,5)20-11-13-14-15(16(19)21-13)23-17(22-14)12-9-7-6-8-10-12;1-11-7-4-2-12-6(8)5(4)9-3-10-7;1-3-4-2;/h7-11,13-14,17,19-20,23,28H,12H2,1-6H3;6-10,13-15,17H,11H2,1-5H3;2-3H,1H3;1,3-4H2,2H3;/q;;;-1;+1/t17-,19-,20-,23?,25?;13-,14-,15-,17?;;;/m11.../s1. The number of thioether (sulfide) groups is 2. The number of rotatable bonds is 12. The summed E-state index contributed by atoms with van der Waals surface area (Å²) >= 11 is 9.70. The van der Waals surface area contributed by atoms with Crippen molar-refractivity contribution in [2.45, 2.75) is 163 Å². The molecule has 408 valence electrons. The third-order valence-corrected chi connectivity index (χ3v) is 27.5. The normalized spacial score (nSPS) is 25.1. The van der Waals surface area contributed by atoms with Crippen molar-refractivity contribution in [1.82, 2.24) is 19.9 Å². The van der Waals surface area contributed by atoms with Gasteiger partial charge in [0, 0.05) is 32.7 Å². The SMILES string of the molecule is CC(C)(C)[Si](C)(C)OC[C@H]1OC(=O)[C@@H]2OC(c3ccccc3)O[C@H]12.CSc1ncnc2c(Br)scc12.CSc1ncnc2c(C3(O)O[C@H](CO[Si](C)(C)C(C)(C)C)[C@H]4OC(c5ccccc5)O[C@H]43)scc12.[CH2-]CCC.[Li+]. The van der Waals surface area contributed by atoms with Gasteiger partial charge in [0.25, 0.3) is 0 Å². The Balaban J connectivity index is 0.000000196. The number of nitrogens with zero attached hydrogens (tertiary/aromatic N) is 4. The number of unbranched alkanes of at least 4 members (excludes halogenated alkanes) is 1. The van der Waals surface area contributed by atoms with Crippen LogP contribution in [0.3, 0.4) is 0 Å². The Bertz CT molecular complexity index is 2830. The number of thiophene rings is 2. The summed E-state index contributed by atoms with van der Waals surface area (Å²) in [7, 11) is -3.95. The molecule has 0 saturated carbocycles. The topological polar surface area (TPSA) is 163 Å². The maximum absolute atomic E-state index is 12.1. The molecule has 76 heavy (non-hydrogen) atoms. The van der Waals surface area contributed by atoms with Gasteiger partial charge in [0.1, 0.15) is 47.1 Å². The third-order valence-electron chi connectivity index (χ3n) is 14.4. The molecular formula is C54H72BrLiN4O10S4Si2. The Hall–Kier alpha value is -2.12. The number of aliphatic hydroxyl groups is 1. The number of esters is 1. The van der Waals surface area contributed by atoms with Gasteiger partial charge in [-0.3, -0.25) is 0 Å². The molecule has 2 aromatic carbocycles. The minimum Gasteiger partial charge on any atom is -0.455 e. The number of ether oxygens (including phenoxy) is 6. The number of carbonyl (C=O) groups is 1. The van der Waals surface area contributed by atoms with E-state index >= 15 is 0 Å². The molecule has 10 rings (SSSR count). The van der Waals surface area contributed by atoms with Gasteiger partial charge in [-0.2, -0.15) is 6.42 Å². The smallest absolute Gasteiger partial charge is 0.455 e. The van der Waals surface area contributed by atoms with Crippen molar-refractivity contribution >= 4 is 107 Å². The van der Waals surface area contributed by atoms with E-state index in [0.29, 0.717) is 23.6 Å². The summed E-state index contributed by atoms with van der Waals surface area (Å²) in [6, 6.07) is 19.4. The van der Waals surface area contributed by atoms with Crippen molar-refractivity contribution < 1.29 is 66.0 Å². The fraction of sp³-hybridized carbons (Fsp3) is 0.519. The van der Waals surface area contributed by atoms with Crippen LogP contribution in [0.2, 0.25) is 36.3 Å². The van der Waals surface area contributed by atoms with Crippen LogP contribution < -0.4 is 18.9 Å². The number of fused-ring (bicyclic) bond motifs is 4. The largest absolute Gasteiger partial charge is 1.00 e. The number of aromatic nitrogens is 4. The molecule has 22 heteroatoms. The summed E-state index contributed by atoms with van der Waals surface area (Å²) in [5, 5.41) is 20.2. The molecule has 8 heterocycles. The van der Waals surface area contributed by atoms with Crippen LogP contribution in [0.4, 0.5) is 0 Å². The van der Waals surface area contributed by atoms with Gasteiger partial charge in [-0.05, 0) is 64.7 Å². The molecule has 4 aliphatic rings. The zero-order valence-electron chi connectivity index (χ0n) is 46.2. The van der Waals surface area contributed by atoms with Crippen molar-refractivity contribution in [2.75, 3.05) is 25.7 Å². The summed E-state index contributed by atoms with van der Waals surface area (Å²) in [6.45, 7) is 28.3. The maximum Gasteiger partial charge on any atom is 1.00 e. The van der Waals surface area contributed by atoms with Crippen LogP contribution in [0.5, 0.6) is 0 Å². The zero-order chi connectivity index (χ0) is 54.5. The van der Waals surface area contributed by atoms with Gasteiger partial charge in [0.05, 0.1) is 32.9 Å². The molecule has 6 aromatic rings.